The second kappa shape index (κ2) is 5.36. The smallest absolute Gasteiger partial charge is 0.200 e. The summed E-state index contributed by atoms with van der Waals surface area (Å²) in [6, 6.07) is 7.13. The molecule has 0 spiro atoms. The first-order valence-corrected chi connectivity index (χ1v) is 6.20. The van der Waals surface area contributed by atoms with Crippen LogP contribution in [0, 0.1) is 5.82 Å². The Morgan fingerprint density at radius 2 is 1.79 bits per heavy atom. The second-order valence-corrected chi connectivity index (χ2v) is 4.83. The first-order chi connectivity index (χ1) is 8.99. The molecule has 2 rings (SSSR count). The topological polar surface area (TPSA) is 72.7 Å². The molecule has 0 radical (unpaired) electrons. The number of hydrogen-bond donors (Lipinski definition) is 4. The minimum absolute atomic E-state index is 0.104. The van der Waals surface area contributed by atoms with E-state index in [0.717, 1.165) is 0 Å². The fourth-order valence-corrected chi connectivity index (χ4v) is 1.94. The zero-order valence-electron chi connectivity index (χ0n) is 9.69. The van der Waals surface area contributed by atoms with Crippen LogP contribution >= 0.6 is 15.9 Å². The molecule has 2 aromatic carbocycles. The van der Waals surface area contributed by atoms with Gasteiger partial charge in [-0.1, -0.05) is 15.9 Å². The van der Waals surface area contributed by atoms with Crippen molar-refractivity contribution >= 4 is 21.6 Å². The van der Waals surface area contributed by atoms with E-state index in [1.807, 2.05) is 0 Å². The molecule has 0 aliphatic heterocycles. The standard InChI is InChI=1S/C13H11BrFNO3/c14-8-2-3-9(15)10(5-8)16-6-7-1-4-11(17)13(19)12(7)18/h1-5,16-19H,6H2. The number of aromatic hydroxyl groups is 3. The number of rotatable bonds is 3. The third kappa shape index (κ3) is 2.90. The fraction of sp³-hybridized carbons (Fsp3) is 0.0769. The van der Waals surface area contributed by atoms with E-state index in [1.54, 1.807) is 12.1 Å². The third-order valence-electron chi connectivity index (χ3n) is 2.61. The molecule has 19 heavy (non-hydrogen) atoms. The first kappa shape index (κ1) is 13.5. The van der Waals surface area contributed by atoms with Gasteiger partial charge in [0.05, 0.1) is 5.69 Å². The van der Waals surface area contributed by atoms with Crippen molar-refractivity contribution < 1.29 is 19.7 Å². The summed E-state index contributed by atoms with van der Waals surface area (Å²) < 4.78 is 14.2. The van der Waals surface area contributed by atoms with Crippen LogP contribution in [-0.4, -0.2) is 15.3 Å². The van der Waals surface area contributed by atoms with Crippen LogP contribution in [0.4, 0.5) is 10.1 Å². The summed E-state index contributed by atoms with van der Waals surface area (Å²) in [6.07, 6.45) is 0. The molecule has 0 saturated carbocycles. The SMILES string of the molecule is Oc1ccc(CNc2cc(Br)ccc2F)c(O)c1O. The molecule has 0 bridgehead atoms. The highest BCUT2D eigenvalue weighted by Gasteiger charge is 2.11. The van der Waals surface area contributed by atoms with E-state index in [9.17, 15) is 19.7 Å². The van der Waals surface area contributed by atoms with Crippen molar-refractivity contribution in [1.29, 1.82) is 0 Å². The van der Waals surface area contributed by atoms with Gasteiger partial charge < -0.3 is 20.6 Å². The molecule has 0 unspecified atom stereocenters. The molecule has 0 atom stereocenters. The highest BCUT2D eigenvalue weighted by Crippen LogP contribution is 2.37. The minimum Gasteiger partial charge on any atom is -0.504 e. The van der Waals surface area contributed by atoms with Gasteiger partial charge in [-0.3, -0.25) is 0 Å². The summed E-state index contributed by atoms with van der Waals surface area (Å²) >= 11 is 3.23. The maximum Gasteiger partial charge on any atom is 0.200 e. The van der Waals surface area contributed by atoms with Crippen molar-refractivity contribution in [2.75, 3.05) is 5.32 Å². The van der Waals surface area contributed by atoms with Crippen molar-refractivity contribution in [3.8, 4) is 17.2 Å². The summed E-state index contributed by atoms with van der Waals surface area (Å²) in [5.74, 6) is -1.85. The number of halogens is 2. The Morgan fingerprint density at radius 1 is 1.05 bits per heavy atom. The normalized spacial score (nSPS) is 10.4. The molecular weight excluding hydrogens is 317 g/mol. The van der Waals surface area contributed by atoms with Crippen LogP contribution in [0.1, 0.15) is 5.56 Å². The lowest BCUT2D eigenvalue weighted by molar-refractivity contribution is 0.365. The van der Waals surface area contributed by atoms with Gasteiger partial charge >= 0.3 is 0 Å². The first-order valence-electron chi connectivity index (χ1n) is 5.40. The predicted molar refractivity (Wildman–Crippen MR) is 72.9 cm³/mol. The van der Waals surface area contributed by atoms with Crippen molar-refractivity contribution in [3.63, 3.8) is 0 Å². The third-order valence-corrected chi connectivity index (χ3v) is 3.10. The van der Waals surface area contributed by atoms with E-state index < -0.39 is 23.1 Å². The van der Waals surface area contributed by atoms with E-state index in [-0.39, 0.29) is 12.2 Å². The summed E-state index contributed by atoms with van der Waals surface area (Å²) in [4.78, 5) is 0. The van der Waals surface area contributed by atoms with E-state index in [1.165, 1.54) is 18.2 Å². The number of phenols is 3. The van der Waals surface area contributed by atoms with Crippen molar-refractivity contribution in [3.05, 3.63) is 46.2 Å². The van der Waals surface area contributed by atoms with Gasteiger partial charge in [0, 0.05) is 16.6 Å². The lowest BCUT2D eigenvalue weighted by atomic mass is 10.1. The van der Waals surface area contributed by atoms with Gasteiger partial charge in [0.2, 0.25) is 5.75 Å². The minimum atomic E-state index is -0.589. The van der Waals surface area contributed by atoms with Crippen LogP contribution in [0.2, 0.25) is 0 Å². The summed E-state index contributed by atoms with van der Waals surface area (Å²) in [7, 11) is 0. The van der Waals surface area contributed by atoms with Gasteiger partial charge in [0.15, 0.2) is 11.5 Å². The highest BCUT2D eigenvalue weighted by atomic mass is 79.9. The van der Waals surface area contributed by atoms with E-state index >= 15 is 0 Å². The monoisotopic (exact) mass is 327 g/mol. The van der Waals surface area contributed by atoms with Gasteiger partial charge in [0.1, 0.15) is 5.82 Å². The fourth-order valence-electron chi connectivity index (χ4n) is 1.58. The van der Waals surface area contributed by atoms with E-state index in [2.05, 4.69) is 21.2 Å². The van der Waals surface area contributed by atoms with Crippen LogP contribution in [0.3, 0.4) is 0 Å². The summed E-state index contributed by atoms with van der Waals surface area (Å²) in [5, 5.41) is 31.0. The predicted octanol–water partition coefficient (Wildman–Crippen LogP) is 3.32. The molecule has 0 saturated heterocycles. The lowest BCUT2D eigenvalue weighted by Gasteiger charge is -2.11. The Hall–Kier alpha value is -1.95. The Kier molecular flexibility index (Phi) is 3.80. The number of phenolic OH excluding ortho intramolecular Hbond substituents is 3. The Morgan fingerprint density at radius 3 is 2.53 bits per heavy atom. The molecule has 0 amide bonds. The molecule has 6 heteroatoms. The van der Waals surface area contributed by atoms with E-state index in [0.29, 0.717) is 10.0 Å². The van der Waals surface area contributed by atoms with Crippen molar-refractivity contribution in [2.45, 2.75) is 6.54 Å². The molecule has 0 aromatic heterocycles. The Bertz CT molecular complexity index is 619. The lowest BCUT2D eigenvalue weighted by Crippen LogP contribution is -2.01. The average Bonchev–Trinajstić information content (AvgIpc) is 2.39. The largest absolute Gasteiger partial charge is 0.504 e. The quantitative estimate of drug-likeness (QED) is 0.652. The van der Waals surface area contributed by atoms with Crippen molar-refractivity contribution in [1.82, 2.24) is 0 Å². The highest BCUT2D eigenvalue weighted by molar-refractivity contribution is 9.10. The molecule has 0 fully saturated rings. The summed E-state index contributed by atoms with van der Waals surface area (Å²) in [6.45, 7) is 0.104. The van der Waals surface area contributed by atoms with Gasteiger partial charge in [0.25, 0.3) is 0 Å². The Balaban J connectivity index is 2.19. The molecular formula is C13H11BrFNO3. The van der Waals surface area contributed by atoms with Crippen LogP contribution in [0.15, 0.2) is 34.8 Å². The zero-order chi connectivity index (χ0) is 14.0. The maximum atomic E-state index is 13.5. The van der Waals surface area contributed by atoms with Gasteiger partial charge in [-0.15, -0.1) is 0 Å². The van der Waals surface area contributed by atoms with Crippen molar-refractivity contribution in [2.24, 2.45) is 0 Å². The van der Waals surface area contributed by atoms with Crippen LogP contribution in [0.5, 0.6) is 17.2 Å². The average molecular weight is 328 g/mol. The molecule has 0 heterocycles. The number of anilines is 1. The number of hydrogen-bond acceptors (Lipinski definition) is 4. The van der Waals surface area contributed by atoms with Gasteiger partial charge in [-0.2, -0.15) is 0 Å². The molecule has 4 nitrogen and oxygen atoms in total. The molecule has 0 aliphatic carbocycles. The molecule has 0 aliphatic rings. The van der Waals surface area contributed by atoms with Crippen LogP contribution in [-0.2, 0) is 6.54 Å². The zero-order valence-corrected chi connectivity index (χ0v) is 11.3. The second-order valence-electron chi connectivity index (χ2n) is 3.92. The molecule has 2 aromatic rings. The van der Waals surface area contributed by atoms with Gasteiger partial charge in [-0.25, -0.2) is 4.39 Å². The van der Waals surface area contributed by atoms with Crippen LogP contribution < -0.4 is 5.32 Å². The Labute approximate surface area is 117 Å². The van der Waals surface area contributed by atoms with E-state index in [4.69, 9.17) is 0 Å². The maximum absolute atomic E-state index is 13.5. The summed E-state index contributed by atoms with van der Waals surface area (Å²) in [5.41, 5.74) is 0.607. The number of benzene rings is 2. The van der Waals surface area contributed by atoms with Crippen LogP contribution in [0.25, 0.3) is 0 Å². The molecule has 4 N–H and O–H groups in total. The number of nitrogens with one attached hydrogen (secondary N) is 1. The van der Waals surface area contributed by atoms with Gasteiger partial charge in [-0.05, 0) is 30.3 Å². The molecule has 100 valence electrons.